The highest BCUT2D eigenvalue weighted by Gasteiger charge is 2.15. The van der Waals surface area contributed by atoms with Crippen molar-refractivity contribution in [2.24, 2.45) is 0 Å². The van der Waals surface area contributed by atoms with Crippen molar-refractivity contribution < 1.29 is 8.42 Å². The Morgan fingerprint density at radius 3 is 2.15 bits per heavy atom. The van der Waals surface area contributed by atoms with Crippen LogP contribution in [0.15, 0.2) is 47.4 Å². The van der Waals surface area contributed by atoms with Crippen LogP contribution in [0.1, 0.15) is 22.3 Å². The van der Waals surface area contributed by atoms with Gasteiger partial charge in [-0.2, -0.15) is 0 Å². The van der Waals surface area contributed by atoms with Gasteiger partial charge in [0, 0.05) is 39.3 Å². The topological polar surface area (TPSA) is 52.7 Å². The number of benzene rings is 2. The lowest BCUT2D eigenvalue weighted by Crippen LogP contribution is -2.43. The van der Waals surface area contributed by atoms with Crippen molar-refractivity contribution >= 4 is 10.0 Å². The third kappa shape index (κ3) is 5.39. The molecule has 0 aromatic heterocycles. The molecule has 1 aliphatic heterocycles. The molecule has 1 saturated heterocycles. The molecule has 6 heteroatoms. The summed E-state index contributed by atoms with van der Waals surface area (Å²) in [6.45, 7) is 9.54. The molecule has 1 fully saturated rings. The van der Waals surface area contributed by atoms with Gasteiger partial charge in [-0.15, -0.1) is 0 Å². The largest absolute Gasteiger partial charge is 0.304 e. The molecule has 27 heavy (non-hydrogen) atoms. The maximum Gasteiger partial charge on any atom is 0.240 e. The molecule has 0 saturated carbocycles. The first-order valence-corrected chi connectivity index (χ1v) is 10.9. The molecule has 3 rings (SSSR count). The van der Waals surface area contributed by atoms with E-state index < -0.39 is 10.0 Å². The number of hydrogen-bond acceptors (Lipinski definition) is 4. The molecule has 0 bridgehead atoms. The van der Waals surface area contributed by atoms with Crippen LogP contribution in [0.4, 0.5) is 0 Å². The highest BCUT2D eigenvalue weighted by Crippen LogP contribution is 2.15. The van der Waals surface area contributed by atoms with Gasteiger partial charge in [-0.05, 0) is 55.3 Å². The standard InChI is InChI=1S/C21H29N3O2S/c1-17-4-9-21(14-18(17)2)27(25,26)22-15-19-5-7-20(8-6-19)16-24-12-10-23(3)11-13-24/h4-9,14,22H,10-13,15-16H2,1-3H3. The van der Waals surface area contributed by atoms with E-state index in [-0.39, 0.29) is 0 Å². The Morgan fingerprint density at radius 1 is 0.889 bits per heavy atom. The summed E-state index contributed by atoms with van der Waals surface area (Å²) in [5.74, 6) is 0. The van der Waals surface area contributed by atoms with E-state index in [0.717, 1.165) is 49.4 Å². The molecule has 0 aliphatic carbocycles. The first-order chi connectivity index (χ1) is 12.8. The molecule has 0 unspecified atom stereocenters. The minimum absolute atomic E-state index is 0.296. The quantitative estimate of drug-likeness (QED) is 0.828. The van der Waals surface area contributed by atoms with Crippen molar-refractivity contribution in [1.29, 1.82) is 0 Å². The molecular weight excluding hydrogens is 358 g/mol. The Morgan fingerprint density at radius 2 is 1.52 bits per heavy atom. The van der Waals surface area contributed by atoms with E-state index in [4.69, 9.17) is 0 Å². The van der Waals surface area contributed by atoms with Gasteiger partial charge in [0.05, 0.1) is 4.90 Å². The fourth-order valence-electron chi connectivity index (χ4n) is 3.17. The van der Waals surface area contributed by atoms with Crippen LogP contribution in [0.3, 0.4) is 0 Å². The van der Waals surface area contributed by atoms with Gasteiger partial charge < -0.3 is 4.90 Å². The number of hydrogen-bond donors (Lipinski definition) is 1. The summed E-state index contributed by atoms with van der Waals surface area (Å²) in [6.07, 6.45) is 0. The van der Waals surface area contributed by atoms with Crippen LogP contribution in [0, 0.1) is 13.8 Å². The van der Waals surface area contributed by atoms with Crippen LogP contribution in [0.2, 0.25) is 0 Å². The highest BCUT2D eigenvalue weighted by molar-refractivity contribution is 7.89. The van der Waals surface area contributed by atoms with Gasteiger partial charge in [-0.3, -0.25) is 4.90 Å². The molecule has 2 aromatic carbocycles. The Labute approximate surface area is 163 Å². The molecule has 1 heterocycles. The SMILES string of the molecule is Cc1ccc(S(=O)(=O)NCc2ccc(CN3CCN(C)CC3)cc2)cc1C. The number of nitrogens with zero attached hydrogens (tertiary/aromatic N) is 2. The third-order valence-corrected chi connectivity index (χ3v) is 6.68. The van der Waals surface area contributed by atoms with E-state index in [1.807, 2.05) is 32.0 Å². The van der Waals surface area contributed by atoms with Crippen molar-refractivity contribution in [2.45, 2.75) is 31.8 Å². The van der Waals surface area contributed by atoms with Gasteiger partial charge in [-0.25, -0.2) is 13.1 Å². The van der Waals surface area contributed by atoms with Crippen LogP contribution in [-0.2, 0) is 23.1 Å². The second-order valence-corrected chi connectivity index (χ2v) is 9.23. The highest BCUT2D eigenvalue weighted by atomic mass is 32.2. The second-order valence-electron chi connectivity index (χ2n) is 7.47. The number of piperazine rings is 1. The zero-order valence-corrected chi connectivity index (χ0v) is 17.2. The summed E-state index contributed by atoms with van der Waals surface area (Å²) in [4.78, 5) is 5.12. The lowest BCUT2D eigenvalue weighted by molar-refractivity contribution is 0.148. The molecule has 0 spiro atoms. The zero-order valence-electron chi connectivity index (χ0n) is 16.4. The summed E-state index contributed by atoms with van der Waals surface area (Å²) in [5, 5.41) is 0. The van der Waals surface area contributed by atoms with Gasteiger partial charge in [0.25, 0.3) is 0 Å². The van der Waals surface area contributed by atoms with Crippen molar-refractivity contribution in [2.75, 3.05) is 33.2 Å². The molecule has 146 valence electrons. The van der Waals surface area contributed by atoms with Gasteiger partial charge in [0.15, 0.2) is 0 Å². The predicted molar refractivity (Wildman–Crippen MR) is 109 cm³/mol. The zero-order chi connectivity index (χ0) is 19.4. The normalized spacial score (nSPS) is 16.6. The minimum Gasteiger partial charge on any atom is -0.304 e. The fourth-order valence-corrected chi connectivity index (χ4v) is 4.27. The Balaban J connectivity index is 1.57. The van der Waals surface area contributed by atoms with Gasteiger partial charge >= 0.3 is 0 Å². The van der Waals surface area contributed by atoms with Gasteiger partial charge in [-0.1, -0.05) is 30.3 Å². The lowest BCUT2D eigenvalue weighted by atomic mass is 10.1. The molecule has 0 amide bonds. The first kappa shape index (κ1) is 20.0. The number of rotatable bonds is 6. The minimum atomic E-state index is -3.50. The summed E-state index contributed by atoms with van der Waals surface area (Å²) in [5.41, 5.74) is 4.29. The Bertz CT molecular complexity index is 871. The van der Waals surface area contributed by atoms with Crippen LogP contribution in [0.5, 0.6) is 0 Å². The lowest BCUT2D eigenvalue weighted by Gasteiger charge is -2.32. The van der Waals surface area contributed by atoms with E-state index in [9.17, 15) is 8.42 Å². The maximum absolute atomic E-state index is 12.5. The summed E-state index contributed by atoms with van der Waals surface area (Å²) < 4.78 is 27.7. The van der Waals surface area contributed by atoms with E-state index >= 15 is 0 Å². The van der Waals surface area contributed by atoms with Crippen LogP contribution >= 0.6 is 0 Å². The van der Waals surface area contributed by atoms with Crippen molar-refractivity contribution in [3.63, 3.8) is 0 Å². The van der Waals surface area contributed by atoms with Gasteiger partial charge in [0.2, 0.25) is 10.0 Å². The maximum atomic E-state index is 12.5. The van der Waals surface area contributed by atoms with Crippen molar-refractivity contribution in [1.82, 2.24) is 14.5 Å². The van der Waals surface area contributed by atoms with E-state index in [0.29, 0.717) is 11.4 Å². The average molecular weight is 388 g/mol. The Kier molecular flexibility index (Phi) is 6.32. The number of nitrogens with one attached hydrogen (secondary N) is 1. The van der Waals surface area contributed by atoms with Crippen LogP contribution in [-0.4, -0.2) is 51.4 Å². The number of aryl methyl sites for hydroxylation is 2. The first-order valence-electron chi connectivity index (χ1n) is 9.39. The van der Waals surface area contributed by atoms with E-state index in [2.05, 4.69) is 33.7 Å². The van der Waals surface area contributed by atoms with Gasteiger partial charge in [0.1, 0.15) is 0 Å². The van der Waals surface area contributed by atoms with E-state index in [1.54, 1.807) is 12.1 Å². The summed E-state index contributed by atoms with van der Waals surface area (Å²) >= 11 is 0. The van der Waals surface area contributed by atoms with Crippen molar-refractivity contribution in [3.8, 4) is 0 Å². The number of likely N-dealkylation sites (N-methyl/N-ethyl adjacent to an activating group) is 1. The Hall–Kier alpha value is -1.73. The van der Waals surface area contributed by atoms with E-state index in [1.165, 1.54) is 5.56 Å². The third-order valence-electron chi connectivity index (χ3n) is 5.28. The smallest absolute Gasteiger partial charge is 0.240 e. The summed E-state index contributed by atoms with van der Waals surface area (Å²) in [7, 11) is -1.34. The van der Waals surface area contributed by atoms with Crippen molar-refractivity contribution in [3.05, 3.63) is 64.7 Å². The molecule has 0 atom stereocenters. The number of sulfonamides is 1. The molecule has 5 nitrogen and oxygen atoms in total. The molecular formula is C21H29N3O2S. The molecule has 2 aromatic rings. The fraction of sp³-hybridized carbons (Fsp3) is 0.429. The molecule has 1 N–H and O–H groups in total. The molecule has 1 aliphatic rings. The average Bonchev–Trinajstić information content (AvgIpc) is 2.65. The monoisotopic (exact) mass is 387 g/mol. The second kappa shape index (κ2) is 8.52. The predicted octanol–water partition coefficient (Wildman–Crippen LogP) is 2.53. The van der Waals surface area contributed by atoms with Crippen LogP contribution in [0.25, 0.3) is 0 Å². The van der Waals surface area contributed by atoms with Crippen LogP contribution < -0.4 is 4.72 Å². The summed E-state index contributed by atoms with van der Waals surface area (Å²) in [6, 6.07) is 13.4. The molecule has 0 radical (unpaired) electrons.